The Morgan fingerprint density at radius 3 is 2.88 bits per heavy atom. The van der Waals surface area contributed by atoms with E-state index in [0.29, 0.717) is 17.3 Å². The van der Waals surface area contributed by atoms with E-state index >= 15 is 0 Å². The Morgan fingerprint density at radius 2 is 2.31 bits per heavy atom. The first-order chi connectivity index (χ1) is 7.61. The van der Waals surface area contributed by atoms with Gasteiger partial charge in [0.15, 0.2) is 0 Å². The molecular weight excluding hydrogens is 291 g/mol. The Hall–Kier alpha value is -1.05. The average Bonchev–Trinajstić information content (AvgIpc) is 2.60. The zero-order chi connectivity index (χ0) is 11.7. The standard InChI is InChI=1S/C11H8BrClN2O/c12-8-1-2-10(9(13)4-8)15-6-7(5-14)3-11(15)16/h1-2,4,7H,3,6H2. The third-order valence-electron chi connectivity index (χ3n) is 2.51. The van der Waals surface area contributed by atoms with E-state index in [1.54, 1.807) is 17.0 Å². The van der Waals surface area contributed by atoms with Crippen molar-refractivity contribution in [3.63, 3.8) is 0 Å². The van der Waals surface area contributed by atoms with Gasteiger partial charge in [0.05, 0.1) is 22.7 Å². The first-order valence-corrected chi connectivity index (χ1v) is 5.94. The summed E-state index contributed by atoms with van der Waals surface area (Å²) in [5.74, 6) is -0.275. The van der Waals surface area contributed by atoms with Crippen LogP contribution in [0.25, 0.3) is 0 Å². The van der Waals surface area contributed by atoms with Crippen LogP contribution in [0, 0.1) is 17.2 Å². The van der Waals surface area contributed by atoms with E-state index in [2.05, 4.69) is 22.0 Å². The van der Waals surface area contributed by atoms with E-state index in [9.17, 15) is 4.79 Å². The fraction of sp³-hybridized carbons (Fsp3) is 0.273. The highest BCUT2D eigenvalue weighted by Crippen LogP contribution is 2.32. The highest BCUT2D eigenvalue weighted by atomic mass is 79.9. The Kier molecular flexibility index (Phi) is 3.17. The van der Waals surface area contributed by atoms with E-state index in [0.717, 1.165) is 4.47 Å². The normalized spacial score (nSPS) is 19.9. The van der Waals surface area contributed by atoms with Crippen LogP contribution in [0.5, 0.6) is 0 Å². The van der Waals surface area contributed by atoms with Gasteiger partial charge in [0.1, 0.15) is 0 Å². The molecule has 0 bridgehead atoms. The molecule has 0 N–H and O–H groups in total. The van der Waals surface area contributed by atoms with E-state index < -0.39 is 0 Å². The first-order valence-electron chi connectivity index (χ1n) is 4.77. The molecule has 1 atom stereocenters. The van der Waals surface area contributed by atoms with Crippen LogP contribution in [0.1, 0.15) is 6.42 Å². The molecule has 1 aromatic carbocycles. The molecule has 3 nitrogen and oxygen atoms in total. The predicted octanol–water partition coefficient (Wildman–Crippen LogP) is 2.98. The monoisotopic (exact) mass is 298 g/mol. The third-order valence-corrected chi connectivity index (χ3v) is 3.30. The van der Waals surface area contributed by atoms with Crippen molar-refractivity contribution in [2.24, 2.45) is 5.92 Å². The summed E-state index contributed by atoms with van der Waals surface area (Å²) in [5.41, 5.74) is 0.674. The van der Waals surface area contributed by atoms with Gasteiger partial charge in [0.25, 0.3) is 0 Å². The van der Waals surface area contributed by atoms with E-state index in [1.165, 1.54) is 0 Å². The smallest absolute Gasteiger partial charge is 0.228 e. The topological polar surface area (TPSA) is 44.1 Å². The zero-order valence-electron chi connectivity index (χ0n) is 8.28. The van der Waals surface area contributed by atoms with Gasteiger partial charge >= 0.3 is 0 Å². The van der Waals surface area contributed by atoms with Crippen molar-refractivity contribution in [2.45, 2.75) is 6.42 Å². The molecule has 1 aliphatic heterocycles. The summed E-state index contributed by atoms with van der Waals surface area (Å²) in [6.45, 7) is 0.427. The van der Waals surface area contributed by atoms with Crippen molar-refractivity contribution in [3.8, 4) is 6.07 Å². The maximum Gasteiger partial charge on any atom is 0.228 e. The summed E-state index contributed by atoms with van der Waals surface area (Å²) in [6.07, 6.45) is 0.281. The maximum atomic E-state index is 11.7. The highest BCUT2D eigenvalue weighted by Gasteiger charge is 2.31. The zero-order valence-corrected chi connectivity index (χ0v) is 10.6. The molecule has 1 aromatic rings. The van der Waals surface area contributed by atoms with Crippen LogP contribution in [0.2, 0.25) is 5.02 Å². The number of hydrogen-bond donors (Lipinski definition) is 0. The lowest BCUT2D eigenvalue weighted by Crippen LogP contribution is -2.24. The number of carbonyl (C=O) groups excluding carboxylic acids is 1. The van der Waals surface area contributed by atoms with Crippen molar-refractivity contribution in [2.75, 3.05) is 11.4 Å². The number of hydrogen-bond acceptors (Lipinski definition) is 2. The number of nitriles is 1. The van der Waals surface area contributed by atoms with Crippen LogP contribution in [-0.2, 0) is 4.79 Å². The predicted molar refractivity (Wildman–Crippen MR) is 65.2 cm³/mol. The second-order valence-corrected chi connectivity index (χ2v) is 4.95. The second kappa shape index (κ2) is 4.44. The SMILES string of the molecule is N#CC1CC(=O)N(c2ccc(Br)cc2Cl)C1. The molecule has 0 saturated carbocycles. The molecule has 0 spiro atoms. The number of rotatable bonds is 1. The molecule has 1 unspecified atom stereocenters. The minimum atomic E-state index is -0.229. The third kappa shape index (κ3) is 2.06. The lowest BCUT2D eigenvalue weighted by atomic mass is 10.1. The summed E-state index contributed by atoms with van der Waals surface area (Å²) < 4.78 is 0.865. The summed E-state index contributed by atoms with van der Waals surface area (Å²) >= 11 is 9.36. The molecular formula is C11H8BrClN2O. The van der Waals surface area contributed by atoms with Gasteiger partial charge in [-0.1, -0.05) is 27.5 Å². The van der Waals surface area contributed by atoms with Crippen molar-refractivity contribution in [1.82, 2.24) is 0 Å². The number of halogens is 2. The number of carbonyl (C=O) groups is 1. The van der Waals surface area contributed by atoms with Crippen molar-refractivity contribution < 1.29 is 4.79 Å². The molecule has 1 heterocycles. The van der Waals surface area contributed by atoms with Gasteiger partial charge < -0.3 is 4.90 Å². The fourth-order valence-corrected chi connectivity index (χ4v) is 2.50. The van der Waals surface area contributed by atoms with Crippen LogP contribution in [-0.4, -0.2) is 12.5 Å². The Balaban J connectivity index is 2.32. The lowest BCUT2D eigenvalue weighted by Gasteiger charge is -2.17. The van der Waals surface area contributed by atoms with E-state index in [4.69, 9.17) is 16.9 Å². The van der Waals surface area contributed by atoms with Crippen LogP contribution >= 0.6 is 27.5 Å². The van der Waals surface area contributed by atoms with Crippen LogP contribution in [0.3, 0.4) is 0 Å². The molecule has 0 radical (unpaired) electrons. The van der Waals surface area contributed by atoms with Crippen molar-refractivity contribution in [3.05, 3.63) is 27.7 Å². The van der Waals surface area contributed by atoms with Gasteiger partial charge in [-0.25, -0.2) is 0 Å². The maximum absolute atomic E-state index is 11.7. The van der Waals surface area contributed by atoms with Crippen LogP contribution in [0.4, 0.5) is 5.69 Å². The molecule has 1 amide bonds. The minimum absolute atomic E-state index is 0.0456. The molecule has 0 aliphatic carbocycles. The summed E-state index contributed by atoms with van der Waals surface area (Å²) in [5, 5.41) is 9.31. The summed E-state index contributed by atoms with van der Waals surface area (Å²) in [6, 6.07) is 7.46. The molecule has 1 fully saturated rings. The number of nitrogens with zero attached hydrogens (tertiary/aromatic N) is 2. The molecule has 5 heteroatoms. The summed E-state index contributed by atoms with van der Waals surface area (Å²) in [7, 11) is 0. The summed E-state index contributed by atoms with van der Waals surface area (Å²) in [4.78, 5) is 13.3. The van der Waals surface area contributed by atoms with Gasteiger partial charge in [-0.2, -0.15) is 5.26 Å². The van der Waals surface area contributed by atoms with E-state index in [1.807, 2.05) is 6.07 Å². The van der Waals surface area contributed by atoms with E-state index in [-0.39, 0.29) is 18.2 Å². The van der Waals surface area contributed by atoms with Gasteiger partial charge in [-0.15, -0.1) is 0 Å². The molecule has 1 saturated heterocycles. The average molecular weight is 300 g/mol. The van der Waals surface area contributed by atoms with Gasteiger partial charge in [0, 0.05) is 17.4 Å². The molecule has 16 heavy (non-hydrogen) atoms. The van der Waals surface area contributed by atoms with Gasteiger partial charge in [-0.05, 0) is 18.2 Å². The lowest BCUT2D eigenvalue weighted by molar-refractivity contribution is -0.117. The minimum Gasteiger partial charge on any atom is -0.310 e. The molecule has 1 aliphatic rings. The van der Waals surface area contributed by atoms with Crippen molar-refractivity contribution >= 4 is 39.1 Å². The first kappa shape index (κ1) is 11.4. The number of anilines is 1. The molecule has 0 aromatic heterocycles. The largest absolute Gasteiger partial charge is 0.310 e. The van der Waals surface area contributed by atoms with Crippen LogP contribution in [0.15, 0.2) is 22.7 Å². The fourth-order valence-electron chi connectivity index (χ4n) is 1.73. The van der Waals surface area contributed by atoms with Crippen molar-refractivity contribution in [1.29, 1.82) is 5.26 Å². The second-order valence-electron chi connectivity index (χ2n) is 3.63. The quantitative estimate of drug-likeness (QED) is 0.800. The Bertz CT molecular complexity index is 483. The van der Waals surface area contributed by atoms with Gasteiger partial charge in [-0.3, -0.25) is 4.79 Å². The molecule has 2 rings (SSSR count). The van der Waals surface area contributed by atoms with Crippen LogP contribution < -0.4 is 4.90 Å². The number of amides is 1. The van der Waals surface area contributed by atoms with Gasteiger partial charge in [0.2, 0.25) is 5.91 Å². The Labute approximate surface area is 107 Å². The highest BCUT2D eigenvalue weighted by molar-refractivity contribution is 9.10. The molecule has 82 valence electrons. The number of benzene rings is 1. The Morgan fingerprint density at radius 1 is 1.56 bits per heavy atom.